The summed E-state index contributed by atoms with van der Waals surface area (Å²) in [5.41, 5.74) is 3.79. The van der Waals surface area contributed by atoms with E-state index in [0.29, 0.717) is 5.56 Å². The van der Waals surface area contributed by atoms with Crippen molar-refractivity contribution < 1.29 is 9.90 Å². The highest BCUT2D eigenvalue weighted by atomic mass is 16.3. The number of aliphatic hydroxyl groups is 1. The number of hydrogen-bond acceptors (Lipinski definition) is 4. The molecule has 20 heavy (non-hydrogen) atoms. The van der Waals surface area contributed by atoms with Crippen LogP contribution in [0.3, 0.4) is 0 Å². The third-order valence-corrected chi connectivity index (χ3v) is 4.04. The number of nitrogens with one attached hydrogen (secondary N) is 1. The van der Waals surface area contributed by atoms with Gasteiger partial charge in [-0.2, -0.15) is 0 Å². The third kappa shape index (κ3) is 3.56. The van der Waals surface area contributed by atoms with Crippen LogP contribution in [0.15, 0.2) is 24.3 Å². The predicted molar refractivity (Wildman–Crippen MR) is 77.8 cm³/mol. The Bertz CT molecular complexity index is 447. The summed E-state index contributed by atoms with van der Waals surface area (Å²) in [5, 5.41) is 10.1. The molecule has 1 aromatic rings. The highest BCUT2D eigenvalue weighted by Crippen LogP contribution is 2.23. The molecule has 1 aromatic carbocycles. The Morgan fingerprint density at radius 1 is 1.35 bits per heavy atom. The number of benzene rings is 1. The van der Waals surface area contributed by atoms with E-state index in [1.165, 1.54) is 6.42 Å². The number of carbonyl (C=O) groups excluding carboxylic acids is 1. The zero-order valence-electron chi connectivity index (χ0n) is 11.9. The van der Waals surface area contributed by atoms with E-state index in [4.69, 9.17) is 5.84 Å². The molecule has 2 rings (SSSR count). The van der Waals surface area contributed by atoms with Crippen molar-refractivity contribution >= 4 is 5.91 Å². The summed E-state index contributed by atoms with van der Waals surface area (Å²) in [4.78, 5) is 13.6. The number of hydrazine groups is 1. The zero-order valence-corrected chi connectivity index (χ0v) is 11.9. The average molecular weight is 277 g/mol. The van der Waals surface area contributed by atoms with Crippen molar-refractivity contribution in [3.05, 3.63) is 35.4 Å². The molecule has 0 aliphatic heterocycles. The van der Waals surface area contributed by atoms with E-state index in [1.54, 1.807) is 12.1 Å². The first-order valence-corrected chi connectivity index (χ1v) is 7.10. The fraction of sp³-hybridized carbons (Fsp3) is 0.533. The summed E-state index contributed by atoms with van der Waals surface area (Å²) >= 11 is 0. The second-order valence-electron chi connectivity index (χ2n) is 5.50. The van der Waals surface area contributed by atoms with E-state index in [9.17, 15) is 9.90 Å². The van der Waals surface area contributed by atoms with Gasteiger partial charge in [0.1, 0.15) is 0 Å². The lowest BCUT2D eigenvalue weighted by molar-refractivity contribution is 0.0288. The molecule has 0 radical (unpaired) electrons. The normalized spacial score (nSPS) is 22.8. The Hall–Kier alpha value is -1.43. The fourth-order valence-corrected chi connectivity index (χ4v) is 2.86. The Morgan fingerprint density at radius 3 is 2.60 bits per heavy atom. The molecule has 5 heteroatoms. The minimum atomic E-state index is -0.285. The SMILES string of the molecule is CN(Cc1ccc(C(=O)NN)cc1)C1CCCCC1O. The molecule has 110 valence electrons. The summed E-state index contributed by atoms with van der Waals surface area (Å²) in [6.07, 6.45) is 4.02. The van der Waals surface area contributed by atoms with Crippen molar-refractivity contribution in [1.29, 1.82) is 0 Å². The fourth-order valence-electron chi connectivity index (χ4n) is 2.86. The first-order valence-electron chi connectivity index (χ1n) is 7.10. The highest BCUT2D eigenvalue weighted by Gasteiger charge is 2.26. The number of rotatable bonds is 4. The van der Waals surface area contributed by atoms with Crippen molar-refractivity contribution in [1.82, 2.24) is 10.3 Å². The first kappa shape index (κ1) is 15.0. The number of nitrogens with zero attached hydrogens (tertiary/aromatic N) is 1. The average Bonchev–Trinajstić information content (AvgIpc) is 2.47. The van der Waals surface area contributed by atoms with Crippen LogP contribution in [0.4, 0.5) is 0 Å². The van der Waals surface area contributed by atoms with Gasteiger partial charge in [-0.25, -0.2) is 5.84 Å². The largest absolute Gasteiger partial charge is 0.391 e. The monoisotopic (exact) mass is 277 g/mol. The lowest BCUT2D eigenvalue weighted by Crippen LogP contribution is -2.42. The van der Waals surface area contributed by atoms with E-state index in [-0.39, 0.29) is 18.1 Å². The standard InChI is InChI=1S/C15H23N3O2/c1-18(13-4-2-3-5-14(13)19)10-11-6-8-12(9-7-11)15(20)17-16/h6-9,13-14,19H,2-5,10,16H2,1H3,(H,17,20). The molecule has 0 spiro atoms. The van der Waals surface area contributed by atoms with E-state index in [0.717, 1.165) is 31.4 Å². The number of aliphatic hydroxyl groups excluding tert-OH is 1. The van der Waals surface area contributed by atoms with Gasteiger partial charge in [0.25, 0.3) is 5.91 Å². The summed E-state index contributed by atoms with van der Waals surface area (Å²) in [5.74, 6) is 4.82. The van der Waals surface area contributed by atoms with Crippen LogP contribution in [-0.2, 0) is 6.54 Å². The van der Waals surface area contributed by atoms with Crippen LogP contribution in [-0.4, -0.2) is 35.1 Å². The molecular weight excluding hydrogens is 254 g/mol. The molecule has 0 heterocycles. The molecule has 5 nitrogen and oxygen atoms in total. The van der Waals surface area contributed by atoms with Crippen LogP contribution in [0.25, 0.3) is 0 Å². The van der Waals surface area contributed by atoms with Gasteiger partial charge < -0.3 is 5.11 Å². The quantitative estimate of drug-likeness (QED) is 0.436. The van der Waals surface area contributed by atoms with Gasteiger partial charge >= 0.3 is 0 Å². The van der Waals surface area contributed by atoms with E-state index >= 15 is 0 Å². The Balaban J connectivity index is 1.97. The van der Waals surface area contributed by atoms with Gasteiger partial charge in [-0.3, -0.25) is 15.1 Å². The van der Waals surface area contributed by atoms with Gasteiger partial charge in [0.15, 0.2) is 0 Å². The number of amides is 1. The van der Waals surface area contributed by atoms with E-state index in [1.807, 2.05) is 19.2 Å². The number of hydrogen-bond donors (Lipinski definition) is 3. The zero-order chi connectivity index (χ0) is 14.5. The molecule has 2 atom stereocenters. The van der Waals surface area contributed by atoms with Gasteiger partial charge in [0.2, 0.25) is 0 Å². The van der Waals surface area contributed by atoms with Gasteiger partial charge in [-0.05, 0) is 37.6 Å². The summed E-state index contributed by atoms with van der Waals surface area (Å²) in [6.45, 7) is 0.770. The lowest BCUT2D eigenvalue weighted by atomic mass is 9.91. The molecule has 1 fully saturated rings. The van der Waals surface area contributed by atoms with Crippen molar-refractivity contribution in [2.75, 3.05) is 7.05 Å². The molecular formula is C15H23N3O2. The van der Waals surface area contributed by atoms with Gasteiger partial charge in [0, 0.05) is 18.2 Å². The summed E-state index contributed by atoms with van der Waals surface area (Å²) in [7, 11) is 2.04. The molecule has 2 unspecified atom stereocenters. The predicted octanol–water partition coefficient (Wildman–Crippen LogP) is 1.03. The van der Waals surface area contributed by atoms with Crippen molar-refractivity contribution in [2.24, 2.45) is 5.84 Å². The second kappa shape index (κ2) is 6.83. The molecule has 0 saturated heterocycles. The maximum absolute atomic E-state index is 11.4. The second-order valence-corrected chi connectivity index (χ2v) is 5.50. The topological polar surface area (TPSA) is 78.6 Å². The van der Waals surface area contributed by atoms with E-state index in [2.05, 4.69) is 10.3 Å². The number of likely N-dealkylation sites (N-methyl/N-ethyl adjacent to an activating group) is 1. The van der Waals surface area contributed by atoms with Crippen molar-refractivity contribution in [3.63, 3.8) is 0 Å². The van der Waals surface area contributed by atoms with Crippen LogP contribution in [0.2, 0.25) is 0 Å². The minimum Gasteiger partial charge on any atom is -0.391 e. The van der Waals surface area contributed by atoms with Crippen LogP contribution in [0.1, 0.15) is 41.6 Å². The maximum Gasteiger partial charge on any atom is 0.265 e. The van der Waals surface area contributed by atoms with Crippen molar-refractivity contribution in [3.8, 4) is 0 Å². The van der Waals surface area contributed by atoms with E-state index < -0.39 is 0 Å². The molecule has 1 aliphatic carbocycles. The Kier molecular flexibility index (Phi) is 5.11. The molecule has 0 aromatic heterocycles. The van der Waals surface area contributed by atoms with Crippen LogP contribution >= 0.6 is 0 Å². The summed E-state index contributed by atoms with van der Waals surface area (Å²) < 4.78 is 0. The first-order chi connectivity index (χ1) is 9.61. The lowest BCUT2D eigenvalue weighted by Gasteiger charge is -2.35. The molecule has 1 amide bonds. The van der Waals surface area contributed by atoms with Gasteiger partial charge in [0.05, 0.1) is 6.10 Å². The number of carbonyl (C=O) groups is 1. The number of nitrogens with two attached hydrogens (primary N) is 1. The van der Waals surface area contributed by atoms with Crippen LogP contribution in [0.5, 0.6) is 0 Å². The Morgan fingerprint density at radius 2 is 2.00 bits per heavy atom. The Labute approximate surface area is 119 Å². The van der Waals surface area contributed by atoms with Crippen molar-refractivity contribution in [2.45, 2.75) is 44.4 Å². The smallest absolute Gasteiger partial charge is 0.265 e. The minimum absolute atomic E-state index is 0.226. The maximum atomic E-state index is 11.4. The number of nitrogen functional groups attached to an aromatic ring is 1. The molecule has 1 saturated carbocycles. The summed E-state index contributed by atoms with van der Waals surface area (Å²) in [6, 6.07) is 7.62. The van der Waals surface area contributed by atoms with Crippen LogP contribution in [0, 0.1) is 0 Å². The highest BCUT2D eigenvalue weighted by molar-refractivity contribution is 5.93. The molecule has 1 aliphatic rings. The molecule has 0 bridgehead atoms. The molecule has 4 N–H and O–H groups in total. The van der Waals surface area contributed by atoms with Gasteiger partial charge in [-0.15, -0.1) is 0 Å². The third-order valence-electron chi connectivity index (χ3n) is 4.04. The van der Waals surface area contributed by atoms with Crippen LogP contribution < -0.4 is 11.3 Å². The van der Waals surface area contributed by atoms with Gasteiger partial charge in [-0.1, -0.05) is 25.0 Å².